The molecule has 0 saturated carbocycles. The van der Waals surface area contributed by atoms with E-state index in [1.54, 1.807) is 9.80 Å². The van der Waals surface area contributed by atoms with Crippen LogP contribution >= 0.6 is 0 Å². The van der Waals surface area contributed by atoms with Gasteiger partial charge in [0.25, 0.3) is 0 Å². The molecule has 7 heteroatoms. The molecule has 2 heterocycles. The molecule has 3 rings (SSSR count). The molecule has 1 N–H and O–H groups in total. The van der Waals surface area contributed by atoms with Crippen LogP contribution in [0.15, 0.2) is 30.3 Å². The van der Waals surface area contributed by atoms with Crippen molar-refractivity contribution in [2.75, 3.05) is 19.6 Å². The maximum atomic E-state index is 12.6. The molecule has 2 amide bonds. The van der Waals surface area contributed by atoms with Crippen LogP contribution in [-0.2, 0) is 16.1 Å². The van der Waals surface area contributed by atoms with Gasteiger partial charge in [-0.15, -0.1) is 0 Å². The van der Waals surface area contributed by atoms with E-state index in [1.807, 2.05) is 51.1 Å². The number of hydrogen-bond donors (Lipinski definition) is 1. The van der Waals surface area contributed by atoms with Gasteiger partial charge in [-0.2, -0.15) is 0 Å². The van der Waals surface area contributed by atoms with Gasteiger partial charge in [-0.3, -0.25) is 0 Å². The largest absolute Gasteiger partial charge is 0.445 e. The summed E-state index contributed by atoms with van der Waals surface area (Å²) in [5, 5.41) is 11.3. The second kappa shape index (κ2) is 8.61. The molecule has 2 saturated heterocycles. The van der Waals surface area contributed by atoms with Crippen molar-refractivity contribution in [1.82, 2.24) is 9.80 Å². The van der Waals surface area contributed by atoms with E-state index in [2.05, 4.69) is 0 Å². The quantitative estimate of drug-likeness (QED) is 0.833. The number of benzene rings is 1. The zero-order valence-corrected chi connectivity index (χ0v) is 17.6. The summed E-state index contributed by atoms with van der Waals surface area (Å²) in [6.07, 6.45) is 1.67. The highest BCUT2D eigenvalue weighted by atomic mass is 16.6. The van der Waals surface area contributed by atoms with Crippen LogP contribution in [0, 0.1) is 0 Å². The first-order chi connectivity index (χ1) is 13.7. The highest BCUT2D eigenvalue weighted by Gasteiger charge is 2.47. The van der Waals surface area contributed by atoms with E-state index < -0.39 is 11.2 Å². The summed E-state index contributed by atoms with van der Waals surface area (Å²) in [5.74, 6) is 0. The topological polar surface area (TPSA) is 79.3 Å². The average Bonchev–Trinajstić information content (AvgIpc) is 3.17. The Kier molecular flexibility index (Phi) is 6.36. The summed E-state index contributed by atoms with van der Waals surface area (Å²) in [4.78, 5) is 28.2. The number of rotatable bonds is 3. The van der Waals surface area contributed by atoms with Crippen molar-refractivity contribution in [3.8, 4) is 0 Å². The lowest BCUT2D eigenvalue weighted by Crippen LogP contribution is -2.58. The molecular weight excluding hydrogens is 372 g/mol. The van der Waals surface area contributed by atoms with Crippen molar-refractivity contribution < 1.29 is 24.2 Å². The number of ether oxygens (including phenoxy) is 2. The molecule has 1 atom stereocenters. The fourth-order valence-corrected chi connectivity index (χ4v) is 4.08. The molecule has 0 spiro atoms. The number of likely N-dealkylation sites (tertiary alicyclic amines) is 2. The van der Waals surface area contributed by atoms with Crippen LogP contribution < -0.4 is 0 Å². The molecular formula is C22H32N2O5. The predicted molar refractivity (Wildman–Crippen MR) is 108 cm³/mol. The third kappa shape index (κ3) is 5.41. The second-order valence-electron chi connectivity index (χ2n) is 8.96. The molecule has 2 aliphatic heterocycles. The van der Waals surface area contributed by atoms with Gasteiger partial charge in [-0.1, -0.05) is 30.3 Å². The monoisotopic (exact) mass is 404 g/mol. The van der Waals surface area contributed by atoms with E-state index in [4.69, 9.17) is 9.47 Å². The Morgan fingerprint density at radius 2 is 1.76 bits per heavy atom. The van der Waals surface area contributed by atoms with Crippen LogP contribution in [0.3, 0.4) is 0 Å². The number of carbonyl (C=O) groups excluding carboxylic acids is 2. The van der Waals surface area contributed by atoms with Crippen LogP contribution in [0.2, 0.25) is 0 Å². The molecule has 2 aliphatic rings. The van der Waals surface area contributed by atoms with E-state index in [9.17, 15) is 14.7 Å². The Morgan fingerprint density at radius 1 is 1.10 bits per heavy atom. The summed E-state index contributed by atoms with van der Waals surface area (Å²) < 4.78 is 10.9. The Hall–Kier alpha value is -2.28. The number of hydrogen-bond acceptors (Lipinski definition) is 5. The molecule has 0 radical (unpaired) electrons. The first-order valence-corrected chi connectivity index (χ1v) is 10.4. The summed E-state index contributed by atoms with van der Waals surface area (Å²) in [6, 6.07) is 9.27. The number of nitrogens with zero attached hydrogens (tertiary/aromatic N) is 2. The highest BCUT2D eigenvalue weighted by Crippen LogP contribution is 2.35. The van der Waals surface area contributed by atoms with Gasteiger partial charge in [0.1, 0.15) is 12.2 Å². The average molecular weight is 405 g/mol. The van der Waals surface area contributed by atoms with E-state index in [1.165, 1.54) is 0 Å². The van der Waals surface area contributed by atoms with Crippen molar-refractivity contribution in [1.29, 1.82) is 0 Å². The van der Waals surface area contributed by atoms with Gasteiger partial charge in [0.2, 0.25) is 0 Å². The molecule has 2 fully saturated rings. The lowest BCUT2D eigenvalue weighted by Gasteiger charge is -2.44. The summed E-state index contributed by atoms with van der Waals surface area (Å²) in [5.41, 5.74) is -0.643. The van der Waals surface area contributed by atoms with Crippen molar-refractivity contribution in [3.05, 3.63) is 35.9 Å². The van der Waals surface area contributed by atoms with E-state index in [-0.39, 0.29) is 24.8 Å². The normalized spacial score (nSPS) is 21.7. The van der Waals surface area contributed by atoms with Crippen molar-refractivity contribution in [2.24, 2.45) is 0 Å². The van der Waals surface area contributed by atoms with Gasteiger partial charge in [0.05, 0.1) is 11.6 Å². The van der Waals surface area contributed by atoms with Crippen LogP contribution in [0.5, 0.6) is 0 Å². The van der Waals surface area contributed by atoms with Gasteiger partial charge in [-0.05, 0) is 52.0 Å². The van der Waals surface area contributed by atoms with E-state index in [0.717, 1.165) is 18.4 Å². The molecule has 29 heavy (non-hydrogen) atoms. The zero-order valence-electron chi connectivity index (χ0n) is 17.6. The lowest BCUT2D eigenvalue weighted by molar-refractivity contribution is -0.0760. The molecule has 1 aromatic rings. The Labute approximate surface area is 172 Å². The highest BCUT2D eigenvalue weighted by molar-refractivity contribution is 5.69. The minimum absolute atomic E-state index is 0.232. The van der Waals surface area contributed by atoms with Gasteiger partial charge in [0, 0.05) is 19.6 Å². The fourth-order valence-electron chi connectivity index (χ4n) is 4.08. The summed E-state index contributed by atoms with van der Waals surface area (Å²) >= 11 is 0. The third-order valence-corrected chi connectivity index (χ3v) is 5.59. The van der Waals surface area contributed by atoms with Crippen LogP contribution in [-0.4, -0.2) is 64.0 Å². The van der Waals surface area contributed by atoms with Crippen LogP contribution in [0.4, 0.5) is 9.59 Å². The Bertz CT molecular complexity index is 708. The minimum atomic E-state index is -1.01. The Balaban J connectivity index is 1.54. The van der Waals surface area contributed by atoms with Gasteiger partial charge >= 0.3 is 12.2 Å². The molecule has 160 valence electrons. The molecule has 0 aliphatic carbocycles. The second-order valence-corrected chi connectivity index (χ2v) is 8.96. The third-order valence-electron chi connectivity index (χ3n) is 5.59. The minimum Gasteiger partial charge on any atom is -0.445 e. The number of carbonyl (C=O) groups is 2. The maximum absolute atomic E-state index is 12.6. The van der Waals surface area contributed by atoms with Crippen molar-refractivity contribution >= 4 is 12.2 Å². The van der Waals surface area contributed by atoms with E-state index in [0.29, 0.717) is 32.5 Å². The van der Waals surface area contributed by atoms with Crippen LogP contribution in [0.1, 0.15) is 52.0 Å². The molecule has 0 aromatic heterocycles. The fraction of sp³-hybridized carbons (Fsp3) is 0.636. The SMILES string of the molecule is CC(C)(C)OC(=O)N1CCCC1C1(O)CCN(C(=O)OCc2ccccc2)CC1. The van der Waals surface area contributed by atoms with Gasteiger partial charge < -0.3 is 24.4 Å². The summed E-state index contributed by atoms with van der Waals surface area (Å²) in [7, 11) is 0. The number of amides is 2. The number of piperidine rings is 1. The summed E-state index contributed by atoms with van der Waals surface area (Å²) in [6.45, 7) is 7.14. The standard InChI is InChI=1S/C22H32N2O5/c1-21(2,3)29-20(26)24-13-7-10-18(24)22(27)11-14-23(15-12-22)19(25)28-16-17-8-5-4-6-9-17/h4-6,8-9,18,27H,7,10-16H2,1-3H3. The lowest BCUT2D eigenvalue weighted by atomic mass is 9.83. The molecule has 7 nitrogen and oxygen atoms in total. The Morgan fingerprint density at radius 3 is 2.38 bits per heavy atom. The first kappa shape index (κ1) is 21.4. The van der Waals surface area contributed by atoms with E-state index >= 15 is 0 Å². The van der Waals surface area contributed by atoms with Crippen molar-refractivity contribution in [2.45, 2.75) is 70.3 Å². The zero-order chi connectivity index (χ0) is 21.1. The van der Waals surface area contributed by atoms with Gasteiger partial charge in [-0.25, -0.2) is 9.59 Å². The number of aliphatic hydroxyl groups is 1. The molecule has 1 unspecified atom stereocenters. The molecule has 1 aromatic carbocycles. The van der Waals surface area contributed by atoms with Gasteiger partial charge in [0.15, 0.2) is 0 Å². The smallest absolute Gasteiger partial charge is 0.410 e. The molecule has 0 bridgehead atoms. The maximum Gasteiger partial charge on any atom is 0.410 e. The van der Waals surface area contributed by atoms with Crippen molar-refractivity contribution in [3.63, 3.8) is 0 Å². The first-order valence-electron chi connectivity index (χ1n) is 10.4. The van der Waals surface area contributed by atoms with Crippen LogP contribution in [0.25, 0.3) is 0 Å². The predicted octanol–water partition coefficient (Wildman–Crippen LogP) is 3.55.